The summed E-state index contributed by atoms with van der Waals surface area (Å²) in [6.45, 7) is 12.3. The number of sulfonamides is 1. The maximum Gasteiger partial charge on any atom is 0.211 e. The molecular weight excluding hydrogens is 298 g/mol. The average molecular weight is 325 g/mol. The zero-order valence-corrected chi connectivity index (χ0v) is 15.7. The molecule has 2 rings (SSSR count). The Morgan fingerprint density at radius 1 is 1.05 bits per heavy atom. The van der Waals surface area contributed by atoms with E-state index in [-0.39, 0.29) is 6.04 Å². The summed E-state index contributed by atoms with van der Waals surface area (Å²) in [6.07, 6.45) is 1.91. The first-order chi connectivity index (χ1) is 9.87. The number of hydrogen-bond donors (Lipinski definition) is 0. The van der Waals surface area contributed by atoms with Gasteiger partial charge in [-0.15, -0.1) is 0 Å². The van der Waals surface area contributed by atoms with E-state index in [0.717, 1.165) is 22.4 Å². The van der Waals surface area contributed by atoms with Crippen molar-refractivity contribution in [1.82, 2.24) is 4.31 Å². The van der Waals surface area contributed by atoms with Gasteiger partial charge in [-0.2, -0.15) is 4.31 Å². The van der Waals surface area contributed by atoms with Gasteiger partial charge < -0.3 is 4.74 Å². The fourth-order valence-electron chi connectivity index (χ4n) is 3.27. The summed E-state index contributed by atoms with van der Waals surface area (Å²) < 4.78 is 31.9. The highest BCUT2D eigenvalue weighted by Crippen LogP contribution is 2.47. The molecule has 0 saturated carbocycles. The highest BCUT2D eigenvalue weighted by molar-refractivity contribution is 7.88. The first-order valence-corrected chi connectivity index (χ1v) is 9.44. The first-order valence-electron chi connectivity index (χ1n) is 7.59. The summed E-state index contributed by atoms with van der Waals surface area (Å²) in [7, 11) is -1.61. The van der Waals surface area contributed by atoms with Gasteiger partial charge in [0.1, 0.15) is 11.4 Å². The van der Waals surface area contributed by atoms with E-state index in [1.807, 2.05) is 13.8 Å². The third-order valence-corrected chi connectivity index (χ3v) is 6.34. The van der Waals surface area contributed by atoms with E-state index in [4.69, 9.17) is 4.74 Å². The van der Waals surface area contributed by atoms with E-state index in [0.29, 0.717) is 6.42 Å². The number of ether oxygens (including phenoxy) is 1. The third-order valence-electron chi connectivity index (χ3n) is 5.04. The van der Waals surface area contributed by atoms with Crippen LogP contribution in [0.2, 0.25) is 0 Å². The zero-order chi connectivity index (χ0) is 17.0. The van der Waals surface area contributed by atoms with Crippen LogP contribution in [0.5, 0.6) is 5.75 Å². The summed E-state index contributed by atoms with van der Waals surface area (Å²) in [5.74, 6) is 0.859. The topological polar surface area (TPSA) is 46.6 Å². The predicted octanol–water partition coefficient (Wildman–Crippen LogP) is 3.41. The van der Waals surface area contributed by atoms with Gasteiger partial charge in [-0.3, -0.25) is 0 Å². The van der Waals surface area contributed by atoms with Gasteiger partial charge in [-0.25, -0.2) is 8.42 Å². The Bertz CT molecular complexity index is 720. The largest absolute Gasteiger partial charge is 0.487 e. The Morgan fingerprint density at radius 3 is 2.05 bits per heavy atom. The van der Waals surface area contributed by atoms with Crippen molar-refractivity contribution in [3.8, 4) is 5.75 Å². The molecule has 0 bridgehead atoms. The highest BCUT2D eigenvalue weighted by Gasteiger charge is 2.40. The van der Waals surface area contributed by atoms with Gasteiger partial charge in [0.15, 0.2) is 0 Å². The van der Waals surface area contributed by atoms with E-state index in [9.17, 15) is 8.42 Å². The normalized spacial score (nSPS) is 20.7. The van der Waals surface area contributed by atoms with Crippen LogP contribution in [0.4, 0.5) is 0 Å². The summed E-state index contributed by atoms with van der Waals surface area (Å²) in [4.78, 5) is 0. The zero-order valence-electron chi connectivity index (χ0n) is 14.9. The molecule has 1 aliphatic rings. The van der Waals surface area contributed by atoms with Crippen molar-refractivity contribution in [1.29, 1.82) is 0 Å². The standard InChI is InChI=1S/C17H27NO3S/c1-10-11(2)13(4)16-15(12(10)3)14(9-17(5,6)21-16)18(7)22(8,19)20/h14H,9H2,1-8H3. The van der Waals surface area contributed by atoms with Crippen molar-refractivity contribution >= 4 is 10.0 Å². The second-order valence-corrected chi connectivity index (χ2v) is 9.15. The predicted molar refractivity (Wildman–Crippen MR) is 90.1 cm³/mol. The van der Waals surface area contributed by atoms with Crippen LogP contribution in [0, 0.1) is 27.7 Å². The molecule has 0 spiro atoms. The van der Waals surface area contributed by atoms with Crippen LogP contribution in [-0.4, -0.2) is 31.6 Å². The van der Waals surface area contributed by atoms with Crippen molar-refractivity contribution in [3.63, 3.8) is 0 Å². The van der Waals surface area contributed by atoms with Crippen LogP contribution in [0.3, 0.4) is 0 Å². The molecule has 124 valence electrons. The molecular formula is C17H27NO3S. The third kappa shape index (κ3) is 2.76. The van der Waals surface area contributed by atoms with Gasteiger partial charge in [0, 0.05) is 19.0 Å². The molecule has 0 saturated heterocycles. The van der Waals surface area contributed by atoms with Crippen LogP contribution < -0.4 is 4.74 Å². The maximum atomic E-state index is 12.1. The fraction of sp³-hybridized carbons (Fsp3) is 0.647. The van der Waals surface area contributed by atoms with Gasteiger partial charge in [-0.05, 0) is 63.8 Å². The minimum atomic E-state index is -3.27. The molecule has 1 aromatic rings. The van der Waals surface area contributed by atoms with Crippen molar-refractivity contribution in [2.75, 3.05) is 13.3 Å². The van der Waals surface area contributed by atoms with Gasteiger partial charge in [0.05, 0.1) is 12.3 Å². The lowest BCUT2D eigenvalue weighted by molar-refractivity contribution is 0.0529. The highest BCUT2D eigenvalue weighted by atomic mass is 32.2. The molecule has 5 heteroatoms. The number of fused-ring (bicyclic) bond motifs is 1. The van der Waals surface area contributed by atoms with Crippen molar-refractivity contribution in [2.24, 2.45) is 0 Å². The molecule has 1 unspecified atom stereocenters. The lowest BCUT2D eigenvalue weighted by Gasteiger charge is -2.42. The van der Waals surface area contributed by atoms with Crippen molar-refractivity contribution < 1.29 is 13.2 Å². The molecule has 0 aromatic heterocycles. The van der Waals surface area contributed by atoms with Gasteiger partial charge in [-0.1, -0.05) is 0 Å². The summed E-state index contributed by atoms with van der Waals surface area (Å²) in [5, 5.41) is 0. The molecule has 4 nitrogen and oxygen atoms in total. The van der Waals surface area contributed by atoms with Gasteiger partial charge >= 0.3 is 0 Å². The molecule has 0 amide bonds. The van der Waals surface area contributed by atoms with Crippen molar-refractivity contribution in [2.45, 2.75) is 59.6 Å². The van der Waals surface area contributed by atoms with E-state index in [1.54, 1.807) is 7.05 Å². The van der Waals surface area contributed by atoms with Crippen LogP contribution >= 0.6 is 0 Å². The fourth-order valence-corrected chi connectivity index (χ4v) is 3.91. The van der Waals surface area contributed by atoms with E-state index in [2.05, 4.69) is 27.7 Å². The van der Waals surface area contributed by atoms with Crippen molar-refractivity contribution in [3.05, 3.63) is 27.8 Å². The monoisotopic (exact) mass is 325 g/mol. The molecule has 0 fully saturated rings. The molecule has 0 N–H and O–H groups in total. The summed E-state index contributed by atoms with van der Waals surface area (Å²) >= 11 is 0. The average Bonchev–Trinajstić information content (AvgIpc) is 2.39. The Morgan fingerprint density at radius 2 is 1.55 bits per heavy atom. The Kier molecular flexibility index (Phi) is 4.11. The van der Waals surface area contributed by atoms with E-state index >= 15 is 0 Å². The first kappa shape index (κ1) is 17.3. The van der Waals surface area contributed by atoms with Gasteiger partial charge in [0.2, 0.25) is 10.0 Å². The Labute approximate surface area is 134 Å². The molecule has 22 heavy (non-hydrogen) atoms. The molecule has 1 heterocycles. The number of benzene rings is 1. The quantitative estimate of drug-likeness (QED) is 0.837. The van der Waals surface area contributed by atoms with Crippen LogP contribution in [0.1, 0.15) is 54.1 Å². The molecule has 0 radical (unpaired) electrons. The SMILES string of the molecule is Cc1c(C)c(C)c2c(c1C)OC(C)(C)CC2N(C)S(C)(=O)=O. The Balaban J connectivity index is 2.77. The molecule has 0 aliphatic carbocycles. The number of nitrogens with zero attached hydrogens (tertiary/aromatic N) is 1. The maximum absolute atomic E-state index is 12.1. The van der Waals surface area contributed by atoms with Crippen LogP contribution in [0.15, 0.2) is 0 Å². The molecule has 1 aromatic carbocycles. The van der Waals surface area contributed by atoms with Crippen LogP contribution in [-0.2, 0) is 10.0 Å². The second kappa shape index (κ2) is 5.24. The lowest BCUT2D eigenvalue weighted by Crippen LogP contribution is -2.42. The summed E-state index contributed by atoms with van der Waals surface area (Å²) in [6, 6.07) is -0.188. The minimum absolute atomic E-state index is 0.188. The van der Waals surface area contributed by atoms with Gasteiger partial charge in [0.25, 0.3) is 0 Å². The van der Waals surface area contributed by atoms with E-state index in [1.165, 1.54) is 21.7 Å². The Hall–Kier alpha value is -1.07. The number of hydrogen-bond acceptors (Lipinski definition) is 3. The minimum Gasteiger partial charge on any atom is -0.487 e. The lowest BCUT2D eigenvalue weighted by atomic mass is 9.83. The van der Waals surface area contributed by atoms with Crippen LogP contribution in [0.25, 0.3) is 0 Å². The summed E-state index contributed by atoms with van der Waals surface area (Å²) in [5.41, 5.74) is 5.30. The molecule has 1 atom stereocenters. The van der Waals surface area contributed by atoms with E-state index < -0.39 is 15.6 Å². The number of rotatable bonds is 2. The second-order valence-electron chi connectivity index (χ2n) is 7.10. The molecule has 1 aliphatic heterocycles. The smallest absolute Gasteiger partial charge is 0.211 e.